The second-order valence-electron chi connectivity index (χ2n) is 5.35. The van der Waals surface area contributed by atoms with Crippen LogP contribution in [-0.4, -0.2) is 62.9 Å². The number of aromatic nitrogens is 1. The van der Waals surface area contributed by atoms with Crippen LogP contribution in [0.3, 0.4) is 0 Å². The number of aromatic hydroxyl groups is 1. The standard InChI is InChI=1S/C14H20N3O8P/c1-7-12(19)9(5-18)8(4-17-7)6-25-26(24,10(2-15)13(20)21)11(3-16)14(22)23/h4-5,10-11,19H,2-3,6,15-16H2,1H3,(H,20,21)(H,22,23). The monoisotopic (exact) mass is 389 g/mol. The molecule has 0 aliphatic carbocycles. The van der Waals surface area contributed by atoms with Crippen LogP contribution in [0.2, 0.25) is 0 Å². The van der Waals surface area contributed by atoms with Crippen molar-refractivity contribution in [2.75, 3.05) is 13.1 Å². The number of nitrogens with zero attached hydrogens (tertiary/aromatic N) is 1. The number of rotatable bonds is 10. The molecule has 0 radical (unpaired) electrons. The fourth-order valence-corrected chi connectivity index (χ4v) is 4.61. The van der Waals surface area contributed by atoms with Gasteiger partial charge in [-0.05, 0) is 6.92 Å². The highest BCUT2D eigenvalue weighted by atomic mass is 31.2. The third kappa shape index (κ3) is 4.25. The van der Waals surface area contributed by atoms with Crippen LogP contribution in [0, 0.1) is 6.92 Å². The molecule has 1 aromatic heterocycles. The lowest BCUT2D eigenvalue weighted by Crippen LogP contribution is -2.40. The summed E-state index contributed by atoms with van der Waals surface area (Å²) in [6.07, 6.45) is 1.49. The van der Waals surface area contributed by atoms with E-state index in [0.29, 0.717) is 6.29 Å². The van der Waals surface area contributed by atoms with E-state index in [1.54, 1.807) is 0 Å². The first-order valence-electron chi connectivity index (χ1n) is 7.36. The highest BCUT2D eigenvalue weighted by molar-refractivity contribution is 7.62. The highest BCUT2D eigenvalue weighted by Gasteiger charge is 2.48. The molecule has 2 unspecified atom stereocenters. The highest BCUT2D eigenvalue weighted by Crippen LogP contribution is 2.56. The summed E-state index contributed by atoms with van der Waals surface area (Å²) in [4.78, 5) is 37.8. The molecule has 1 heterocycles. The van der Waals surface area contributed by atoms with Crippen LogP contribution >= 0.6 is 7.37 Å². The SMILES string of the molecule is Cc1ncc(COP(=O)(C(CN)C(=O)O)C(CN)C(=O)O)c(C=O)c1O. The van der Waals surface area contributed by atoms with E-state index >= 15 is 0 Å². The van der Waals surface area contributed by atoms with Gasteiger partial charge in [0.2, 0.25) is 7.37 Å². The van der Waals surface area contributed by atoms with Gasteiger partial charge in [0.25, 0.3) is 0 Å². The number of carboxylic acids is 2. The maximum Gasteiger partial charge on any atom is 0.317 e. The lowest BCUT2D eigenvalue weighted by molar-refractivity contribution is -0.136. The minimum Gasteiger partial charge on any atom is -0.505 e. The van der Waals surface area contributed by atoms with Crippen molar-refractivity contribution in [2.45, 2.75) is 24.8 Å². The molecule has 0 aliphatic rings. The molecule has 0 spiro atoms. The smallest absolute Gasteiger partial charge is 0.317 e. The molecule has 1 aromatic rings. The first-order valence-corrected chi connectivity index (χ1v) is 9.12. The largest absolute Gasteiger partial charge is 0.505 e. The Kier molecular flexibility index (Phi) is 7.40. The van der Waals surface area contributed by atoms with Crippen molar-refractivity contribution in [2.24, 2.45) is 11.5 Å². The number of carbonyl (C=O) groups excluding carboxylic acids is 1. The summed E-state index contributed by atoms with van der Waals surface area (Å²) in [5.74, 6) is -3.62. The second-order valence-corrected chi connectivity index (χ2v) is 8.14. The third-order valence-electron chi connectivity index (χ3n) is 3.78. The zero-order valence-corrected chi connectivity index (χ0v) is 14.8. The van der Waals surface area contributed by atoms with Gasteiger partial charge in [-0.25, -0.2) is 0 Å². The molecule has 2 atom stereocenters. The summed E-state index contributed by atoms with van der Waals surface area (Å²) in [6, 6.07) is 0. The maximum atomic E-state index is 13.2. The zero-order valence-electron chi connectivity index (χ0n) is 13.9. The molecular formula is C14H20N3O8P. The molecule has 0 aromatic carbocycles. The van der Waals surface area contributed by atoms with Gasteiger partial charge >= 0.3 is 11.9 Å². The van der Waals surface area contributed by atoms with Gasteiger partial charge in [-0.1, -0.05) is 0 Å². The van der Waals surface area contributed by atoms with Crippen LogP contribution in [0.5, 0.6) is 5.75 Å². The fraction of sp³-hybridized carbons (Fsp3) is 0.429. The van der Waals surface area contributed by atoms with Crippen LogP contribution in [0.15, 0.2) is 6.20 Å². The predicted octanol–water partition coefficient (Wildman–Crippen LogP) is -0.473. The number of aryl methyl sites for hydroxylation is 1. The number of hydrogen-bond acceptors (Lipinski definition) is 9. The summed E-state index contributed by atoms with van der Waals surface area (Å²) in [7, 11) is -4.45. The number of carboxylic acid groups (broad SMARTS) is 2. The van der Waals surface area contributed by atoms with Crippen molar-refractivity contribution >= 4 is 25.6 Å². The maximum absolute atomic E-state index is 13.2. The number of aliphatic carboxylic acids is 2. The Bertz CT molecular complexity index is 728. The van der Waals surface area contributed by atoms with Crippen molar-refractivity contribution in [3.05, 3.63) is 23.0 Å². The van der Waals surface area contributed by atoms with Crippen LogP contribution < -0.4 is 11.5 Å². The molecule has 0 saturated heterocycles. The van der Waals surface area contributed by atoms with Gasteiger partial charge in [0.1, 0.15) is 17.1 Å². The molecule has 26 heavy (non-hydrogen) atoms. The molecule has 12 heteroatoms. The van der Waals surface area contributed by atoms with E-state index in [4.69, 9.17) is 16.0 Å². The lowest BCUT2D eigenvalue weighted by Gasteiger charge is -2.28. The van der Waals surface area contributed by atoms with Gasteiger partial charge in [0.15, 0.2) is 6.29 Å². The quantitative estimate of drug-likeness (QED) is 0.255. The summed E-state index contributed by atoms with van der Waals surface area (Å²) in [5, 5.41) is 28.3. The number of nitrogens with two attached hydrogens (primary N) is 2. The van der Waals surface area contributed by atoms with E-state index in [1.807, 2.05) is 0 Å². The van der Waals surface area contributed by atoms with Crippen LogP contribution in [0.4, 0.5) is 0 Å². The van der Waals surface area contributed by atoms with Gasteiger partial charge in [-0.2, -0.15) is 0 Å². The van der Waals surface area contributed by atoms with Crippen molar-refractivity contribution in [3.63, 3.8) is 0 Å². The van der Waals surface area contributed by atoms with Gasteiger partial charge in [0.05, 0.1) is 17.9 Å². The molecule has 0 saturated carbocycles. The van der Waals surface area contributed by atoms with Crippen LogP contribution in [0.1, 0.15) is 21.6 Å². The lowest BCUT2D eigenvalue weighted by atomic mass is 10.1. The average Bonchev–Trinajstić information content (AvgIpc) is 2.56. The van der Waals surface area contributed by atoms with Gasteiger partial charge in [0, 0.05) is 24.8 Å². The predicted molar refractivity (Wildman–Crippen MR) is 89.4 cm³/mol. The van der Waals surface area contributed by atoms with Crippen molar-refractivity contribution in [1.29, 1.82) is 0 Å². The molecule has 0 aliphatic heterocycles. The summed E-state index contributed by atoms with van der Waals surface area (Å²) in [5.41, 5.74) is 7.05. The third-order valence-corrected chi connectivity index (χ3v) is 6.92. The first-order chi connectivity index (χ1) is 12.1. The summed E-state index contributed by atoms with van der Waals surface area (Å²) in [6.45, 7) is -0.468. The average molecular weight is 389 g/mol. The van der Waals surface area contributed by atoms with Gasteiger partial charge in [-0.3, -0.25) is 23.9 Å². The Balaban J connectivity index is 3.34. The molecular weight excluding hydrogens is 369 g/mol. The molecule has 11 nitrogen and oxygen atoms in total. The zero-order chi connectivity index (χ0) is 20.1. The van der Waals surface area contributed by atoms with Crippen molar-refractivity contribution in [1.82, 2.24) is 4.98 Å². The van der Waals surface area contributed by atoms with Crippen LogP contribution in [-0.2, 0) is 25.3 Å². The molecule has 0 amide bonds. The van der Waals surface area contributed by atoms with Crippen molar-refractivity contribution in [3.8, 4) is 5.75 Å². The van der Waals surface area contributed by atoms with E-state index in [-0.39, 0.29) is 16.8 Å². The normalized spacial score (nSPS) is 15.7. The van der Waals surface area contributed by atoms with E-state index in [0.717, 1.165) is 0 Å². The number of aldehydes is 1. The van der Waals surface area contributed by atoms with E-state index in [9.17, 15) is 34.3 Å². The minimum absolute atomic E-state index is 0.00523. The van der Waals surface area contributed by atoms with E-state index in [1.165, 1.54) is 13.1 Å². The van der Waals surface area contributed by atoms with E-state index in [2.05, 4.69) is 4.98 Å². The molecule has 7 N–H and O–H groups in total. The molecule has 144 valence electrons. The Morgan fingerprint density at radius 3 is 2.15 bits per heavy atom. The number of hydrogen-bond donors (Lipinski definition) is 5. The van der Waals surface area contributed by atoms with Crippen molar-refractivity contribution < 1.29 is 38.8 Å². The molecule has 1 rings (SSSR count). The summed E-state index contributed by atoms with van der Waals surface area (Å²) >= 11 is 0. The second kappa shape index (κ2) is 8.86. The first kappa shape index (κ1) is 21.7. The van der Waals surface area contributed by atoms with Gasteiger partial charge in [-0.15, -0.1) is 0 Å². The molecule has 0 bridgehead atoms. The van der Waals surface area contributed by atoms with Crippen LogP contribution in [0.25, 0.3) is 0 Å². The fourth-order valence-electron chi connectivity index (χ4n) is 2.27. The Labute approximate surface area is 148 Å². The minimum atomic E-state index is -4.45. The number of carbonyl (C=O) groups is 3. The Morgan fingerprint density at radius 2 is 1.77 bits per heavy atom. The Hall–Kier alpha value is -2.33. The van der Waals surface area contributed by atoms with E-state index < -0.39 is 56.1 Å². The molecule has 0 fully saturated rings. The summed E-state index contributed by atoms with van der Waals surface area (Å²) < 4.78 is 18.4. The number of pyridine rings is 1. The Morgan fingerprint density at radius 1 is 1.27 bits per heavy atom. The van der Waals surface area contributed by atoms with Gasteiger partial charge < -0.3 is 31.3 Å². The topological polar surface area (TPSA) is 203 Å².